The van der Waals surface area contributed by atoms with Crippen LogP contribution in [-0.2, 0) is 0 Å². The first-order valence-corrected chi connectivity index (χ1v) is 15.0. The molecular weight excluding hydrogens is 525 g/mol. The average molecular weight is 549 g/mol. The SMILES string of the molecule is c1ccc(N(c2ccccc2)c2ccc3c(c2)Sc2ccccc2N3c2ccc3c(c2)sc2ccccc23)cc1. The van der Waals surface area contributed by atoms with Crippen LogP contribution in [0, 0.1) is 0 Å². The molecule has 0 aliphatic carbocycles. The van der Waals surface area contributed by atoms with E-state index in [2.05, 4.69) is 155 Å². The minimum absolute atomic E-state index is 1.14. The van der Waals surface area contributed by atoms with Gasteiger partial charge in [0.25, 0.3) is 0 Å². The second-order valence-corrected chi connectivity index (χ2v) is 12.0. The van der Waals surface area contributed by atoms with Crippen LogP contribution in [0.3, 0.4) is 0 Å². The van der Waals surface area contributed by atoms with Gasteiger partial charge in [-0.05, 0) is 72.8 Å². The van der Waals surface area contributed by atoms with Crippen LogP contribution < -0.4 is 9.80 Å². The van der Waals surface area contributed by atoms with Gasteiger partial charge in [0.05, 0.1) is 11.4 Å². The van der Waals surface area contributed by atoms with Gasteiger partial charge in [-0.3, -0.25) is 0 Å². The van der Waals surface area contributed by atoms with Crippen molar-refractivity contribution in [3.8, 4) is 0 Å². The Morgan fingerprint density at radius 2 is 1.10 bits per heavy atom. The Labute approximate surface area is 241 Å². The predicted octanol–water partition coefficient (Wildman–Crippen LogP) is 11.5. The van der Waals surface area contributed by atoms with Gasteiger partial charge >= 0.3 is 0 Å². The molecule has 0 saturated carbocycles. The Bertz CT molecular complexity index is 1960. The molecule has 0 N–H and O–H groups in total. The fourth-order valence-electron chi connectivity index (χ4n) is 5.62. The number of thiophene rings is 1. The summed E-state index contributed by atoms with van der Waals surface area (Å²) in [4.78, 5) is 7.25. The van der Waals surface area contributed by atoms with Crippen molar-refractivity contribution in [2.75, 3.05) is 9.80 Å². The molecule has 0 unspecified atom stereocenters. The highest BCUT2D eigenvalue weighted by Gasteiger charge is 2.26. The van der Waals surface area contributed by atoms with Gasteiger partial charge < -0.3 is 9.80 Å². The zero-order valence-electron chi connectivity index (χ0n) is 21.6. The molecule has 4 heteroatoms. The molecule has 0 atom stereocenters. The smallest absolute Gasteiger partial charge is 0.0603 e. The summed E-state index contributed by atoms with van der Waals surface area (Å²) >= 11 is 3.71. The third-order valence-corrected chi connectivity index (χ3v) is 9.66. The molecule has 0 amide bonds. The normalized spacial score (nSPS) is 12.3. The summed E-state index contributed by atoms with van der Waals surface area (Å²) in [6, 6.07) is 52.4. The number of fused-ring (bicyclic) bond motifs is 5. The van der Waals surface area contributed by atoms with Gasteiger partial charge in [0.2, 0.25) is 0 Å². The van der Waals surface area contributed by atoms with Crippen molar-refractivity contribution in [3.63, 3.8) is 0 Å². The van der Waals surface area contributed by atoms with Crippen LogP contribution in [-0.4, -0.2) is 0 Å². The molecule has 1 aromatic heterocycles. The summed E-state index contributed by atoms with van der Waals surface area (Å²) < 4.78 is 2.64. The molecule has 6 aromatic carbocycles. The van der Waals surface area contributed by atoms with Crippen LogP contribution in [0.5, 0.6) is 0 Å². The van der Waals surface area contributed by atoms with Crippen LogP contribution >= 0.6 is 23.1 Å². The average Bonchev–Trinajstić information content (AvgIpc) is 3.39. The van der Waals surface area contributed by atoms with E-state index in [1.54, 1.807) is 0 Å². The number of hydrogen-bond acceptors (Lipinski definition) is 4. The molecule has 0 fully saturated rings. The summed E-state index contributed by atoms with van der Waals surface area (Å²) in [5.41, 5.74) is 7.03. The van der Waals surface area contributed by atoms with E-state index in [0.29, 0.717) is 0 Å². The maximum absolute atomic E-state index is 2.42. The first-order valence-electron chi connectivity index (χ1n) is 13.4. The first kappa shape index (κ1) is 23.4. The molecule has 1 aliphatic heterocycles. The maximum Gasteiger partial charge on any atom is 0.0603 e. The van der Waals surface area contributed by atoms with Gasteiger partial charge in [0.1, 0.15) is 0 Å². The molecule has 40 heavy (non-hydrogen) atoms. The van der Waals surface area contributed by atoms with Crippen LogP contribution in [0.1, 0.15) is 0 Å². The Hall–Kier alpha value is -4.51. The van der Waals surface area contributed by atoms with Crippen molar-refractivity contribution in [1.82, 2.24) is 0 Å². The van der Waals surface area contributed by atoms with E-state index in [1.165, 1.54) is 47.0 Å². The Balaban J connectivity index is 1.29. The highest BCUT2D eigenvalue weighted by molar-refractivity contribution is 7.99. The fourth-order valence-corrected chi connectivity index (χ4v) is 7.85. The van der Waals surface area contributed by atoms with E-state index >= 15 is 0 Å². The highest BCUT2D eigenvalue weighted by atomic mass is 32.2. The lowest BCUT2D eigenvalue weighted by molar-refractivity contribution is 1.16. The number of benzene rings is 6. The maximum atomic E-state index is 2.42. The Kier molecular flexibility index (Phi) is 5.61. The number of nitrogens with zero attached hydrogens (tertiary/aromatic N) is 2. The minimum Gasteiger partial charge on any atom is -0.310 e. The van der Waals surface area contributed by atoms with Gasteiger partial charge in [0.15, 0.2) is 0 Å². The molecule has 2 nitrogen and oxygen atoms in total. The van der Waals surface area contributed by atoms with Gasteiger partial charge in [0, 0.05) is 52.7 Å². The Morgan fingerprint density at radius 1 is 0.450 bits per heavy atom. The van der Waals surface area contributed by atoms with Crippen molar-refractivity contribution < 1.29 is 0 Å². The summed E-state index contributed by atoms with van der Waals surface area (Å²) in [5, 5.41) is 2.65. The lowest BCUT2D eigenvalue weighted by Crippen LogP contribution is -2.16. The third kappa shape index (κ3) is 3.88. The molecule has 0 radical (unpaired) electrons. The fraction of sp³-hybridized carbons (Fsp3) is 0. The largest absolute Gasteiger partial charge is 0.310 e. The zero-order chi connectivity index (χ0) is 26.5. The van der Waals surface area contributed by atoms with Crippen molar-refractivity contribution in [3.05, 3.63) is 146 Å². The third-order valence-electron chi connectivity index (χ3n) is 7.42. The Morgan fingerprint density at radius 3 is 1.90 bits per heavy atom. The van der Waals surface area contributed by atoms with Crippen LogP contribution in [0.25, 0.3) is 20.2 Å². The van der Waals surface area contributed by atoms with Gasteiger partial charge in [-0.2, -0.15) is 0 Å². The molecule has 7 aromatic rings. The van der Waals surface area contributed by atoms with Crippen molar-refractivity contribution in [2.24, 2.45) is 0 Å². The summed E-state index contributed by atoms with van der Waals surface area (Å²) in [6.45, 7) is 0. The summed E-state index contributed by atoms with van der Waals surface area (Å²) in [6.07, 6.45) is 0. The van der Waals surface area contributed by atoms with E-state index in [0.717, 1.165) is 17.1 Å². The van der Waals surface area contributed by atoms with Crippen LogP contribution in [0.4, 0.5) is 34.1 Å². The lowest BCUT2D eigenvalue weighted by Gasteiger charge is -2.34. The van der Waals surface area contributed by atoms with E-state index in [1.807, 2.05) is 23.1 Å². The van der Waals surface area contributed by atoms with Crippen LogP contribution in [0.15, 0.2) is 155 Å². The minimum atomic E-state index is 1.14. The van der Waals surface area contributed by atoms with E-state index in [9.17, 15) is 0 Å². The molecule has 2 heterocycles. The summed E-state index contributed by atoms with van der Waals surface area (Å²) in [5.74, 6) is 0. The highest BCUT2D eigenvalue weighted by Crippen LogP contribution is 2.53. The molecular formula is C36H24N2S2. The number of rotatable bonds is 4. The van der Waals surface area contributed by atoms with E-state index in [4.69, 9.17) is 0 Å². The quantitative estimate of drug-likeness (QED) is 0.216. The topological polar surface area (TPSA) is 6.48 Å². The summed E-state index contributed by atoms with van der Waals surface area (Å²) in [7, 11) is 0. The van der Waals surface area contributed by atoms with Crippen LogP contribution in [0.2, 0.25) is 0 Å². The van der Waals surface area contributed by atoms with Gasteiger partial charge in [-0.15, -0.1) is 11.3 Å². The number of anilines is 6. The van der Waals surface area contributed by atoms with Crippen molar-refractivity contribution in [1.29, 1.82) is 0 Å². The zero-order valence-corrected chi connectivity index (χ0v) is 23.2. The van der Waals surface area contributed by atoms with Crippen molar-refractivity contribution in [2.45, 2.75) is 9.79 Å². The molecule has 1 aliphatic rings. The molecule has 8 rings (SSSR count). The molecule has 0 saturated heterocycles. The standard InChI is InChI=1S/C36H24N2S2/c1-3-11-25(12-4-1)37(26-13-5-2-6-14-26)27-20-22-32-36(24-27)40-34-18-10-8-16-31(34)38(32)28-19-21-30-29-15-7-9-17-33(29)39-35(30)23-28/h1-24H. The number of hydrogen-bond donors (Lipinski definition) is 0. The van der Waals surface area contributed by atoms with E-state index in [-0.39, 0.29) is 0 Å². The number of para-hydroxylation sites is 3. The molecule has 0 bridgehead atoms. The molecule has 190 valence electrons. The lowest BCUT2D eigenvalue weighted by atomic mass is 10.1. The second kappa shape index (κ2) is 9.60. The second-order valence-electron chi connectivity index (χ2n) is 9.84. The predicted molar refractivity (Wildman–Crippen MR) is 173 cm³/mol. The van der Waals surface area contributed by atoms with Gasteiger partial charge in [-0.1, -0.05) is 84.6 Å². The monoisotopic (exact) mass is 548 g/mol. The van der Waals surface area contributed by atoms with Gasteiger partial charge in [-0.25, -0.2) is 0 Å². The van der Waals surface area contributed by atoms with Crippen molar-refractivity contribution >= 4 is 77.4 Å². The first-order chi connectivity index (χ1) is 19.8. The van der Waals surface area contributed by atoms with E-state index < -0.39 is 0 Å². The molecule has 0 spiro atoms.